The molecular weight excluding hydrogens is 372 g/mol. The molecule has 0 saturated carbocycles. The normalized spacial score (nSPS) is 15.6. The van der Waals surface area contributed by atoms with Crippen molar-refractivity contribution in [2.75, 3.05) is 0 Å². The Bertz CT molecular complexity index is 1100. The number of alkyl halides is 2. The molecule has 0 N–H and O–H groups in total. The summed E-state index contributed by atoms with van der Waals surface area (Å²) in [7, 11) is 0. The van der Waals surface area contributed by atoms with E-state index in [2.05, 4.69) is 4.98 Å². The van der Waals surface area contributed by atoms with E-state index in [4.69, 9.17) is 4.74 Å². The second kappa shape index (κ2) is 7.74. The van der Waals surface area contributed by atoms with Crippen LogP contribution in [0.15, 0.2) is 66.2 Å². The van der Waals surface area contributed by atoms with Crippen LogP contribution in [0.1, 0.15) is 41.4 Å². The summed E-state index contributed by atoms with van der Waals surface area (Å²) in [5.74, 6) is -2.78. The number of aryl methyl sites for hydroxylation is 1. The van der Waals surface area contributed by atoms with Crippen molar-refractivity contribution in [3.05, 3.63) is 83.1 Å². The summed E-state index contributed by atoms with van der Waals surface area (Å²) in [5.41, 5.74) is 3.15. The average Bonchev–Trinajstić information content (AvgIpc) is 2.74. The van der Waals surface area contributed by atoms with Crippen molar-refractivity contribution in [3.63, 3.8) is 0 Å². The summed E-state index contributed by atoms with van der Waals surface area (Å²) in [6.45, 7) is 1.67. The molecule has 0 aliphatic heterocycles. The van der Waals surface area contributed by atoms with E-state index < -0.39 is 5.92 Å². The zero-order valence-electron chi connectivity index (χ0n) is 16.1. The predicted octanol–water partition coefficient (Wildman–Crippen LogP) is 5.91. The SMILES string of the molecule is CCC(F)(F)C=C1CCc2ccc(OCc3ccc4ccccc4n3)cc2C1=O. The molecule has 1 heterocycles. The molecule has 1 aromatic heterocycles. The summed E-state index contributed by atoms with van der Waals surface area (Å²) < 4.78 is 33.3. The molecular formula is C24H21F2NO2. The first kappa shape index (κ1) is 19.2. The van der Waals surface area contributed by atoms with Gasteiger partial charge in [0.25, 0.3) is 5.92 Å². The highest BCUT2D eigenvalue weighted by Gasteiger charge is 2.29. The van der Waals surface area contributed by atoms with Gasteiger partial charge in [0.1, 0.15) is 12.4 Å². The number of pyridine rings is 1. The van der Waals surface area contributed by atoms with Gasteiger partial charge < -0.3 is 4.74 Å². The fourth-order valence-corrected chi connectivity index (χ4v) is 3.47. The Hall–Kier alpha value is -3.08. The van der Waals surface area contributed by atoms with E-state index in [0.29, 0.717) is 24.2 Å². The minimum absolute atomic E-state index is 0.178. The number of benzene rings is 2. The van der Waals surface area contributed by atoms with Crippen LogP contribution < -0.4 is 4.74 Å². The first-order chi connectivity index (χ1) is 13.9. The number of hydrogen-bond acceptors (Lipinski definition) is 3. The molecule has 1 aliphatic rings. The van der Waals surface area contributed by atoms with Gasteiger partial charge in [-0.05, 0) is 48.7 Å². The number of hydrogen-bond donors (Lipinski definition) is 0. The fourth-order valence-electron chi connectivity index (χ4n) is 3.47. The lowest BCUT2D eigenvalue weighted by molar-refractivity contribution is 0.0494. The highest BCUT2D eigenvalue weighted by molar-refractivity contribution is 6.11. The zero-order chi connectivity index (χ0) is 20.4. The smallest absolute Gasteiger partial charge is 0.266 e. The van der Waals surface area contributed by atoms with Crippen molar-refractivity contribution in [2.45, 2.75) is 38.7 Å². The molecule has 3 nitrogen and oxygen atoms in total. The molecule has 0 spiro atoms. The number of ketones is 1. The number of allylic oxidation sites excluding steroid dienone is 2. The van der Waals surface area contributed by atoms with Crippen LogP contribution in [0.4, 0.5) is 8.78 Å². The minimum atomic E-state index is -2.96. The van der Waals surface area contributed by atoms with E-state index in [0.717, 1.165) is 28.2 Å². The molecule has 0 atom stereocenters. The van der Waals surface area contributed by atoms with E-state index in [1.165, 1.54) is 6.92 Å². The quantitative estimate of drug-likeness (QED) is 0.506. The van der Waals surface area contributed by atoms with Gasteiger partial charge in [-0.25, -0.2) is 13.8 Å². The molecule has 4 rings (SSSR count). The van der Waals surface area contributed by atoms with Gasteiger partial charge in [0.2, 0.25) is 0 Å². The van der Waals surface area contributed by atoms with Crippen molar-refractivity contribution in [3.8, 4) is 5.75 Å². The van der Waals surface area contributed by atoms with E-state index in [1.807, 2.05) is 48.5 Å². The number of ether oxygens (including phenoxy) is 1. The molecule has 0 saturated heterocycles. The third kappa shape index (κ3) is 4.19. The van der Waals surface area contributed by atoms with Gasteiger partial charge in [0, 0.05) is 22.9 Å². The molecule has 5 heteroatoms. The maximum atomic E-state index is 13.7. The maximum Gasteiger partial charge on any atom is 0.266 e. The summed E-state index contributed by atoms with van der Waals surface area (Å²) in [6.07, 6.45) is 1.41. The van der Waals surface area contributed by atoms with Gasteiger partial charge >= 0.3 is 0 Å². The average molecular weight is 393 g/mol. The fraction of sp³-hybridized carbons (Fsp3) is 0.250. The van der Waals surface area contributed by atoms with Crippen LogP contribution in [0.5, 0.6) is 5.75 Å². The topological polar surface area (TPSA) is 39.2 Å². The molecule has 0 unspecified atom stereocenters. The van der Waals surface area contributed by atoms with E-state index >= 15 is 0 Å². The monoisotopic (exact) mass is 393 g/mol. The number of para-hydroxylation sites is 1. The number of aromatic nitrogens is 1. The van der Waals surface area contributed by atoms with E-state index in [1.54, 1.807) is 6.07 Å². The number of Topliss-reactive ketones (excluding diaryl/α,β-unsaturated/α-hetero) is 1. The molecule has 0 fully saturated rings. The van der Waals surface area contributed by atoms with Crippen LogP contribution in [-0.4, -0.2) is 16.7 Å². The minimum Gasteiger partial charge on any atom is -0.487 e. The molecule has 3 aromatic rings. The Balaban J connectivity index is 1.53. The van der Waals surface area contributed by atoms with Gasteiger partial charge in [-0.3, -0.25) is 4.79 Å². The first-order valence-corrected chi connectivity index (χ1v) is 9.70. The van der Waals surface area contributed by atoms with Crippen LogP contribution >= 0.6 is 0 Å². The van der Waals surface area contributed by atoms with Crippen LogP contribution in [-0.2, 0) is 13.0 Å². The van der Waals surface area contributed by atoms with Gasteiger partial charge in [-0.15, -0.1) is 0 Å². The highest BCUT2D eigenvalue weighted by Crippen LogP contribution is 2.32. The van der Waals surface area contributed by atoms with Crippen molar-refractivity contribution in [1.82, 2.24) is 4.98 Å². The second-order valence-corrected chi connectivity index (χ2v) is 7.22. The van der Waals surface area contributed by atoms with Crippen LogP contribution in [0, 0.1) is 0 Å². The first-order valence-electron chi connectivity index (χ1n) is 9.70. The van der Waals surface area contributed by atoms with Gasteiger partial charge in [-0.1, -0.05) is 37.3 Å². The molecule has 29 heavy (non-hydrogen) atoms. The van der Waals surface area contributed by atoms with Crippen molar-refractivity contribution in [1.29, 1.82) is 0 Å². The van der Waals surface area contributed by atoms with E-state index in [-0.39, 0.29) is 24.4 Å². The molecule has 0 radical (unpaired) electrons. The Kier molecular flexibility index (Phi) is 5.14. The predicted molar refractivity (Wildman–Crippen MR) is 108 cm³/mol. The Labute approximate surface area is 168 Å². The van der Waals surface area contributed by atoms with Crippen LogP contribution in [0.25, 0.3) is 10.9 Å². The van der Waals surface area contributed by atoms with Crippen molar-refractivity contribution in [2.24, 2.45) is 0 Å². The number of rotatable bonds is 5. The summed E-state index contributed by atoms with van der Waals surface area (Å²) >= 11 is 0. The Morgan fingerprint density at radius 2 is 1.93 bits per heavy atom. The maximum absolute atomic E-state index is 13.7. The third-order valence-corrected chi connectivity index (χ3v) is 5.18. The van der Waals surface area contributed by atoms with Gasteiger partial charge in [0.15, 0.2) is 5.78 Å². The molecule has 148 valence electrons. The summed E-state index contributed by atoms with van der Waals surface area (Å²) in [6, 6.07) is 17.0. The lowest BCUT2D eigenvalue weighted by atomic mass is 9.86. The van der Waals surface area contributed by atoms with Crippen molar-refractivity contribution >= 4 is 16.7 Å². The number of fused-ring (bicyclic) bond motifs is 2. The number of nitrogens with zero attached hydrogens (tertiary/aromatic N) is 1. The third-order valence-electron chi connectivity index (χ3n) is 5.18. The number of halogens is 2. The Morgan fingerprint density at radius 3 is 2.76 bits per heavy atom. The lowest BCUT2D eigenvalue weighted by Crippen LogP contribution is -2.19. The van der Waals surface area contributed by atoms with Gasteiger partial charge in [-0.2, -0.15) is 0 Å². The Morgan fingerprint density at radius 1 is 1.10 bits per heavy atom. The highest BCUT2D eigenvalue weighted by atomic mass is 19.3. The zero-order valence-corrected chi connectivity index (χ0v) is 16.1. The molecule has 0 bridgehead atoms. The largest absolute Gasteiger partial charge is 0.487 e. The lowest BCUT2D eigenvalue weighted by Gasteiger charge is -2.20. The molecule has 2 aromatic carbocycles. The molecule has 0 amide bonds. The van der Waals surface area contributed by atoms with Crippen LogP contribution in [0.2, 0.25) is 0 Å². The second-order valence-electron chi connectivity index (χ2n) is 7.22. The number of carbonyl (C=O) groups excluding carboxylic acids is 1. The molecule has 1 aliphatic carbocycles. The van der Waals surface area contributed by atoms with Crippen molar-refractivity contribution < 1.29 is 18.3 Å². The summed E-state index contributed by atoms with van der Waals surface area (Å²) in [4.78, 5) is 17.3. The van der Waals surface area contributed by atoms with Crippen LogP contribution in [0.3, 0.4) is 0 Å². The van der Waals surface area contributed by atoms with Gasteiger partial charge in [0.05, 0.1) is 11.2 Å². The summed E-state index contributed by atoms with van der Waals surface area (Å²) in [5, 5.41) is 1.05. The number of carbonyl (C=O) groups is 1. The van der Waals surface area contributed by atoms with E-state index in [9.17, 15) is 13.6 Å². The standard InChI is InChI=1S/C24H21F2NO2/c1-2-24(25,26)14-18-8-7-16-10-12-20(13-21(16)23(18)28)29-15-19-11-9-17-5-3-4-6-22(17)27-19/h3-6,9-14H,2,7-8,15H2,1H3.